The van der Waals surface area contributed by atoms with E-state index in [0.29, 0.717) is 37.0 Å². The van der Waals surface area contributed by atoms with Gasteiger partial charge in [0.25, 0.3) is 0 Å². The fourth-order valence-electron chi connectivity index (χ4n) is 3.63. The summed E-state index contributed by atoms with van der Waals surface area (Å²) < 4.78 is 34.6. The number of aromatic nitrogens is 2. The standard InChI is InChI=1S/C24H21ClN4O3S2/c25-21-9-8-20(34(30,31)28-10-12-32-13-11-28)15-22(21)26-16-18-17-29(19-5-2-1-3-6-19)27-24(18)23-7-4-14-33-23/h1-9,14-17H,10-13H2. The van der Waals surface area contributed by atoms with Gasteiger partial charge in [0.15, 0.2) is 0 Å². The Labute approximate surface area is 207 Å². The van der Waals surface area contributed by atoms with Gasteiger partial charge in [-0.05, 0) is 41.8 Å². The molecule has 7 nitrogen and oxygen atoms in total. The van der Waals surface area contributed by atoms with Crippen LogP contribution in [0.4, 0.5) is 5.69 Å². The highest BCUT2D eigenvalue weighted by atomic mass is 35.5. The first-order chi connectivity index (χ1) is 16.5. The van der Waals surface area contributed by atoms with Crippen molar-refractivity contribution < 1.29 is 13.2 Å². The average Bonchev–Trinajstić information content (AvgIpc) is 3.55. The van der Waals surface area contributed by atoms with Crippen LogP contribution in [0.3, 0.4) is 0 Å². The van der Waals surface area contributed by atoms with Crippen LogP contribution in [0.15, 0.2) is 82.1 Å². The van der Waals surface area contributed by atoms with Crippen molar-refractivity contribution in [2.45, 2.75) is 4.90 Å². The second kappa shape index (κ2) is 9.81. The van der Waals surface area contributed by atoms with Crippen LogP contribution in [0.2, 0.25) is 5.02 Å². The number of nitrogens with zero attached hydrogens (tertiary/aromatic N) is 4. The molecule has 0 aliphatic carbocycles. The fourth-order valence-corrected chi connectivity index (χ4v) is 5.95. The van der Waals surface area contributed by atoms with Gasteiger partial charge in [-0.3, -0.25) is 4.99 Å². The second-order valence-electron chi connectivity index (χ2n) is 7.58. The third kappa shape index (κ3) is 4.70. The molecule has 0 radical (unpaired) electrons. The summed E-state index contributed by atoms with van der Waals surface area (Å²) in [5.74, 6) is 0. The van der Waals surface area contributed by atoms with Crippen molar-refractivity contribution in [1.29, 1.82) is 0 Å². The molecule has 0 amide bonds. The van der Waals surface area contributed by atoms with E-state index in [-0.39, 0.29) is 4.90 Å². The fraction of sp³-hybridized carbons (Fsp3) is 0.167. The predicted octanol–water partition coefficient (Wildman–Crippen LogP) is 5.03. The molecule has 1 fully saturated rings. The maximum absolute atomic E-state index is 13.1. The lowest BCUT2D eigenvalue weighted by molar-refractivity contribution is 0.0730. The molecule has 4 aromatic rings. The lowest BCUT2D eigenvalue weighted by atomic mass is 10.2. The summed E-state index contributed by atoms with van der Waals surface area (Å²) in [4.78, 5) is 5.72. The lowest BCUT2D eigenvalue weighted by Gasteiger charge is -2.26. The number of benzene rings is 2. The van der Waals surface area contributed by atoms with Crippen molar-refractivity contribution in [3.05, 3.63) is 82.8 Å². The zero-order chi connectivity index (χ0) is 23.5. The van der Waals surface area contributed by atoms with E-state index in [1.54, 1.807) is 28.3 Å². The Bertz CT molecular complexity index is 1410. The molecule has 0 atom stereocenters. The van der Waals surface area contributed by atoms with Crippen LogP contribution in [0.1, 0.15) is 5.56 Å². The van der Waals surface area contributed by atoms with Gasteiger partial charge in [0.2, 0.25) is 10.0 Å². The molecule has 5 rings (SSSR count). The van der Waals surface area contributed by atoms with Gasteiger partial charge in [-0.2, -0.15) is 9.40 Å². The Morgan fingerprint density at radius 1 is 1.06 bits per heavy atom. The number of hydrogen-bond donors (Lipinski definition) is 0. The summed E-state index contributed by atoms with van der Waals surface area (Å²) >= 11 is 7.96. The van der Waals surface area contributed by atoms with Crippen molar-refractivity contribution in [1.82, 2.24) is 14.1 Å². The third-order valence-electron chi connectivity index (χ3n) is 5.39. The Hall–Kier alpha value is -2.82. The van der Waals surface area contributed by atoms with E-state index in [9.17, 15) is 8.42 Å². The maximum atomic E-state index is 13.1. The van der Waals surface area contributed by atoms with Crippen LogP contribution in [0.5, 0.6) is 0 Å². The Morgan fingerprint density at radius 2 is 1.85 bits per heavy atom. The van der Waals surface area contributed by atoms with Crippen molar-refractivity contribution in [2.24, 2.45) is 4.99 Å². The molecule has 174 valence electrons. The van der Waals surface area contributed by atoms with E-state index >= 15 is 0 Å². The molecular weight excluding hydrogens is 492 g/mol. The molecule has 1 aliphatic heterocycles. The molecule has 2 aromatic heterocycles. The van der Waals surface area contributed by atoms with Crippen LogP contribution < -0.4 is 0 Å². The zero-order valence-electron chi connectivity index (χ0n) is 18.0. The first-order valence-electron chi connectivity index (χ1n) is 10.6. The van der Waals surface area contributed by atoms with E-state index in [0.717, 1.165) is 21.8 Å². The topological polar surface area (TPSA) is 76.8 Å². The average molecular weight is 513 g/mol. The van der Waals surface area contributed by atoms with Crippen molar-refractivity contribution in [2.75, 3.05) is 26.3 Å². The monoisotopic (exact) mass is 512 g/mol. The summed E-state index contributed by atoms with van der Waals surface area (Å²) in [5.41, 5.74) is 2.89. The largest absolute Gasteiger partial charge is 0.379 e. The van der Waals surface area contributed by atoms with E-state index in [4.69, 9.17) is 21.4 Å². The number of rotatable bonds is 6. The minimum atomic E-state index is -3.65. The number of ether oxygens (including phenoxy) is 1. The number of thiophene rings is 1. The molecule has 10 heteroatoms. The lowest BCUT2D eigenvalue weighted by Crippen LogP contribution is -2.40. The number of morpholine rings is 1. The summed E-state index contributed by atoms with van der Waals surface area (Å²) in [7, 11) is -3.65. The van der Waals surface area contributed by atoms with E-state index in [2.05, 4.69) is 4.99 Å². The summed E-state index contributed by atoms with van der Waals surface area (Å²) in [6.07, 6.45) is 3.57. The quantitative estimate of drug-likeness (QED) is 0.340. The zero-order valence-corrected chi connectivity index (χ0v) is 20.4. The van der Waals surface area contributed by atoms with Crippen LogP contribution in [-0.4, -0.2) is 55.0 Å². The number of hydrogen-bond acceptors (Lipinski definition) is 6. The van der Waals surface area contributed by atoms with Crippen LogP contribution in [0, 0.1) is 0 Å². The highest BCUT2D eigenvalue weighted by Crippen LogP contribution is 2.31. The SMILES string of the molecule is O=S(=O)(c1ccc(Cl)c(N=Cc2cn(-c3ccccc3)nc2-c2cccs2)c1)N1CCOCC1. The van der Waals surface area contributed by atoms with Gasteiger partial charge in [0.1, 0.15) is 5.69 Å². The Kier molecular flexibility index (Phi) is 6.62. The number of sulfonamides is 1. The normalized spacial score (nSPS) is 15.2. The van der Waals surface area contributed by atoms with Crippen LogP contribution >= 0.6 is 22.9 Å². The summed E-state index contributed by atoms with van der Waals surface area (Å²) in [6.45, 7) is 1.42. The molecule has 0 unspecified atom stereocenters. The number of aliphatic imine (C=N–C) groups is 1. The van der Waals surface area contributed by atoms with Crippen molar-refractivity contribution in [3.8, 4) is 16.3 Å². The number of halogens is 1. The second-order valence-corrected chi connectivity index (χ2v) is 10.9. The van der Waals surface area contributed by atoms with Gasteiger partial charge in [-0.1, -0.05) is 35.9 Å². The van der Waals surface area contributed by atoms with Gasteiger partial charge in [0.05, 0.1) is 39.4 Å². The highest BCUT2D eigenvalue weighted by Gasteiger charge is 2.26. The Balaban J connectivity index is 1.51. The molecule has 1 saturated heterocycles. The smallest absolute Gasteiger partial charge is 0.243 e. The molecule has 0 saturated carbocycles. The highest BCUT2D eigenvalue weighted by molar-refractivity contribution is 7.89. The third-order valence-corrected chi connectivity index (χ3v) is 8.48. The van der Waals surface area contributed by atoms with Gasteiger partial charge in [-0.25, -0.2) is 13.1 Å². The minimum Gasteiger partial charge on any atom is -0.379 e. The first kappa shape index (κ1) is 22.9. The van der Waals surface area contributed by atoms with E-state index in [1.807, 2.05) is 54.0 Å². The van der Waals surface area contributed by atoms with Crippen LogP contribution in [-0.2, 0) is 14.8 Å². The first-order valence-corrected chi connectivity index (χ1v) is 13.3. The molecule has 1 aliphatic rings. The number of para-hydroxylation sites is 1. The van der Waals surface area contributed by atoms with Gasteiger partial charge in [-0.15, -0.1) is 11.3 Å². The molecular formula is C24H21ClN4O3S2. The van der Waals surface area contributed by atoms with Crippen LogP contribution in [0.25, 0.3) is 16.3 Å². The molecule has 0 bridgehead atoms. The molecule has 0 spiro atoms. The van der Waals surface area contributed by atoms with E-state index < -0.39 is 10.0 Å². The predicted molar refractivity (Wildman–Crippen MR) is 135 cm³/mol. The summed E-state index contributed by atoms with van der Waals surface area (Å²) in [5, 5.41) is 7.12. The van der Waals surface area contributed by atoms with Gasteiger partial charge < -0.3 is 4.74 Å². The van der Waals surface area contributed by atoms with E-state index in [1.165, 1.54) is 16.4 Å². The molecule has 3 heterocycles. The minimum absolute atomic E-state index is 0.157. The van der Waals surface area contributed by atoms with Crippen molar-refractivity contribution in [3.63, 3.8) is 0 Å². The maximum Gasteiger partial charge on any atom is 0.243 e. The Morgan fingerprint density at radius 3 is 2.59 bits per heavy atom. The molecule has 2 aromatic carbocycles. The van der Waals surface area contributed by atoms with Gasteiger partial charge in [0, 0.05) is 31.1 Å². The molecule has 0 N–H and O–H groups in total. The summed E-state index contributed by atoms with van der Waals surface area (Å²) in [6, 6.07) is 18.4. The molecule has 34 heavy (non-hydrogen) atoms. The van der Waals surface area contributed by atoms with Gasteiger partial charge >= 0.3 is 0 Å². The van der Waals surface area contributed by atoms with Crippen molar-refractivity contribution >= 4 is 44.9 Å².